The van der Waals surface area contributed by atoms with Gasteiger partial charge in [0, 0.05) is 63.6 Å². The van der Waals surface area contributed by atoms with Gasteiger partial charge in [0.2, 0.25) is 5.91 Å². The minimum Gasteiger partial charge on any atom is -0.383 e. The summed E-state index contributed by atoms with van der Waals surface area (Å²) in [5, 5.41) is 4.78. The quantitative estimate of drug-likeness (QED) is 0.794. The average Bonchev–Trinajstić information content (AvgIpc) is 3.24. The number of fused-ring (bicyclic) bond motifs is 1. The molecule has 6 heteroatoms. The molecule has 0 radical (unpaired) electrons. The summed E-state index contributed by atoms with van der Waals surface area (Å²) in [4.78, 5) is 17.6. The van der Waals surface area contributed by atoms with E-state index in [4.69, 9.17) is 9.84 Å². The van der Waals surface area contributed by atoms with Crippen molar-refractivity contribution >= 4 is 5.91 Å². The number of benzene rings is 1. The number of nitrogens with zero attached hydrogens (tertiary/aromatic N) is 4. The fourth-order valence-electron chi connectivity index (χ4n) is 4.54. The normalized spacial score (nSPS) is 20.2. The zero-order valence-electron chi connectivity index (χ0n) is 16.9. The van der Waals surface area contributed by atoms with Crippen LogP contribution in [0.1, 0.15) is 17.7 Å². The molecule has 0 spiro atoms. The summed E-state index contributed by atoms with van der Waals surface area (Å²) < 4.78 is 7.18. The van der Waals surface area contributed by atoms with Gasteiger partial charge in [0.05, 0.1) is 18.2 Å². The van der Waals surface area contributed by atoms with Gasteiger partial charge >= 0.3 is 0 Å². The molecule has 4 rings (SSSR count). The highest BCUT2D eigenvalue weighted by molar-refractivity contribution is 5.79. The molecular weight excluding hydrogens is 352 g/mol. The molecule has 0 aliphatic carbocycles. The van der Waals surface area contributed by atoms with Gasteiger partial charge < -0.3 is 14.5 Å². The highest BCUT2D eigenvalue weighted by Gasteiger charge is 2.32. The molecule has 3 heterocycles. The van der Waals surface area contributed by atoms with Crippen molar-refractivity contribution in [3.8, 4) is 11.3 Å². The molecule has 1 aromatic heterocycles. The third kappa shape index (κ3) is 3.84. The Balaban J connectivity index is 1.45. The Morgan fingerprint density at radius 1 is 1.18 bits per heavy atom. The monoisotopic (exact) mass is 382 g/mol. The number of aryl methyl sites for hydroxylation is 1. The maximum absolute atomic E-state index is 13.1. The first-order chi connectivity index (χ1) is 13.7. The molecule has 1 aromatic carbocycles. The van der Waals surface area contributed by atoms with Crippen LogP contribution in [0.5, 0.6) is 0 Å². The smallest absolute Gasteiger partial charge is 0.227 e. The molecule has 6 nitrogen and oxygen atoms in total. The summed E-state index contributed by atoms with van der Waals surface area (Å²) >= 11 is 0. The van der Waals surface area contributed by atoms with Crippen molar-refractivity contribution < 1.29 is 9.53 Å². The molecule has 28 heavy (non-hydrogen) atoms. The van der Waals surface area contributed by atoms with Gasteiger partial charge in [-0.25, -0.2) is 0 Å². The molecule has 1 amide bonds. The first-order valence-electron chi connectivity index (χ1n) is 10.3. The van der Waals surface area contributed by atoms with Crippen molar-refractivity contribution in [3.63, 3.8) is 0 Å². The number of carbonyl (C=O) groups is 1. The van der Waals surface area contributed by atoms with Gasteiger partial charge in [-0.3, -0.25) is 9.48 Å². The average molecular weight is 383 g/mol. The van der Waals surface area contributed by atoms with Crippen molar-refractivity contribution in [2.75, 3.05) is 46.4 Å². The van der Waals surface area contributed by atoms with Gasteiger partial charge in [-0.15, -0.1) is 0 Å². The lowest BCUT2D eigenvalue weighted by atomic mass is 10.0. The van der Waals surface area contributed by atoms with Crippen LogP contribution in [0.3, 0.4) is 0 Å². The van der Waals surface area contributed by atoms with Gasteiger partial charge in [-0.2, -0.15) is 5.10 Å². The van der Waals surface area contributed by atoms with Crippen LogP contribution in [0.25, 0.3) is 11.3 Å². The van der Waals surface area contributed by atoms with Crippen molar-refractivity contribution in [2.45, 2.75) is 19.3 Å². The number of likely N-dealkylation sites (tertiary alicyclic amines) is 1. The number of hydrogen-bond acceptors (Lipinski definition) is 4. The molecule has 2 aromatic rings. The van der Waals surface area contributed by atoms with E-state index in [0.717, 1.165) is 69.9 Å². The molecule has 150 valence electrons. The van der Waals surface area contributed by atoms with Crippen molar-refractivity contribution in [3.05, 3.63) is 41.6 Å². The number of hydrogen-bond donors (Lipinski definition) is 0. The Hall–Kier alpha value is -2.18. The molecule has 0 saturated carbocycles. The Morgan fingerprint density at radius 3 is 2.75 bits per heavy atom. The molecule has 2 aliphatic rings. The van der Waals surface area contributed by atoms with Crippen LogP contribution in [0.15, 0.2) is 30.3 Å². The minimum atomic E-state index is 0.129. The Bertz CT molecular complexity index is 817. The molecule has 1 unspecified atom stereocenters. The van der Waals surface area contributed by atoms with E-state index in [9.17, 15) is 4.79 Å². The van der Waals surface area contributed by atoms with Crippen molar-refractivity contribution in [2.24, 2.45) is 13.0 Å². The van der Waals surface area contributed by atoms with E-state index in [1.165, 1.54) is 11.3 Å². The summed E-state index contributed by atoms with van der Waals surface area (Å²) in [7, 11) is 3.75. The summed E-state index contributed by atoms with van der Waals surface area (Å²) in [5.41, 5.74) is 4.79. The van der Waals surface area contributed by atoms with E-state index in [-0.39, 0.29) is 5.92 Å². The third-order valence-electron chi connectivity index (χ3n) is 6.12. The fourth-order valence-corrected chi connectivity index (χ4v) is 4.54. The highest BCUT2D eigenvalue weighted by Crippen LogP contribution is 2.29. The van der Waals surface area contributed by atoms with Crippen LogP contribution in [0.2, 0.25) is 0 Å². The largest absolute Gasteiger partial charge is 0.383 e. The minimum absolute atomic E-state index is 0.129. The number of amides is 1. The van der Waals surface area contributed by atoms with Crippen LogP contribution in [-0.4, -0.2) is 71.9 Å². The number of ether oxygens (including phenoxy) is 1. The predicted molar refractivity (Wildman–Crippen MR) is 109 cm³/mol. The molecular formula is C22H30N4O2. The topological polar surface area (TPSA) is 50.6 Å². The summed E-state index contributed by atoms with van der Waals surface area (Å²) in [5.74, 6) is 0.451. The molecule has 2 aliphatic heterocycles. The second-order valence-electron chi connectivity index (χ2n) is 7.87. The van der Waals surface area contributed by atoms with Crippen molar-refractivity contribution in [1.82, 2.24) is 19.6 Å². The second kappa shape index (κ2) is 8.45. The fraction of sp³-hybridized carbons (Fsp3) is 0.545. The maximum atomic E-state index is 13.1. The third-order valence-corrected chi connectivity index (χ3v) is 6.12. The van der Waals surface area contributed by atoms with E-state index in [0.29, 0.717) is 5.91 Å². The van der Waals surface area contributed by atoms with E-state index in [2.05, 4.69) is 34.1 Å². The van der Waals surface area contributed by atoms with Crippen LogP contribution in [-0.2, 0) is 29.4 Å². The van der Waals surface area contributed by atoms with Gasteiger partial charge in [0.1, 0.15) is 0 Å². The van der Waals surface area contributed by atoms with Gasteiger partial charge in [-0.05, 0) is 19.4 Å². The van der Waals surface area contributed by atoms with E-state index in [1.54, 1.807) is 7.11 Å². The highest BCUT2D eigenvalue weighted by atomic mass is 16.5. The number of carbonyl (C=O) groups excluding carboxylic acids is 1. The lowest BCUT2D eigenvalue weighted by Gasteiger charge is -2.24. The predicted octanol–water partition coefficient (Wildman–Crippen LogP) is 1.98. The summed E-state index contributed by atoms with van der Waals surface area (Å²) in [6.45, 7) is 5.07. The SMILES string of the molecule is COCCN1CCC(C(=O)N2CCc3c(-c4ccccc4)nn(C)c3CC2)C1. The van der Waals surface area contributed by atoms with E-state index < -0.39 is 0 Å². The summed E-state index contributed by atoms with van der Waals surface area (Å²) in [6.07, 6.45) is 2.71. The number of methoxy groups -OCH3 is 1. The van der Waals surface area contributed by atoms with E-state index >= 15 is 0 Å². The Labute approximate surface area is 167 Å². The zero-order chi connectivity index (χ0) is 19.5. The summed E-state index contributed by atoms with van der Waals surface area (Å²) in [6, 6.07) is 10.4. The number of rotatable bonds is 5. The Kier molecular flexibility index (Phi) is 5.78. The first kappa shape index (κ1) is 19.2. The maximum Gasteiger partial charge on any atom is 0.227 e. The standard InChI is InChI=1S/C22H30N4O2/c1-24-20-10-13-26(22(27)18-8-11-25(16-18)14-15-28-2)12-9-19(20)21(23-24)17-6-4-3-5-7-17/h3-7,18H,8-16H2,1-2H3. The Morgan fingerprint density at radius 2 is 1.96 bits per heavy atom. The zero-order valence-corrected chi connectivity index (χ0v) is 16.9. The molecule has 1 atom stereocenters. The van der Waals surface area contributed by atoms with Crippen molar-refractivity contribution in [1.29, 1.82) is 0 Å². The van der Waals surface area contributed by atoms with E-state index in [1.807, 2.05) is 17.8 Å². The van der Waals surface area contributed by atoms with Gasteiger partial charge in [-0.1, -0.05) is 30.3 Å². The molecule has 0 N–H and O–H groups in total. The molecule has 1 fully saturated rings. The molecule has 1 saturated heterocycles. The van der Waals surface area contributed by atoms with Gasteiger partial charge in [0.15, 0.2) is 0 Å². The van der Waals surface area contributed by atoms with Crippen LogP contribution < -0.4 is 0 Å². The lowest BCUT2D eigenvalue weighted by Crippen LogP contribution is -2.39. The number of aromatic nitrogens is 2. The van der Waals surface area contributed by atoms with Gasteiger partial charge in [0.25, 0.3) is 0 Å². The second-order valence-corrected chi connectivity index (χ2v) is 7.87. The lowest BCUT2D eigenvalue weighted by molar-refractivity contribution is -0.135. The van der Waals surface area contributed by atoms with Crippen LogP contribution in [0, 0.1) is 5.92 Å². The molecule has 0 bridgehead atoms. The first-order valence-corrected chi connectivity index (χ1v) is 10.3. The van der Waals surface area contributed by atoms with Crippen LogP contribution in [0.4, 0.5) is 0 Å². The van der Waals surface area contributed by atoms with Crippen LogP contribution >= 0.6 is 0 Å².